The van der Waals surface area contributed by atoms with Crippen molar-refractivity contribution in [2.45, 2.75) is 19.1 Å². The summed E-state index contributed by atoms with van der Waals surface area (Å²) in [5.74, 6) is 2.08. The molecule has 3 aromatic rings. The van der Waals surface area contributed by atoms with E-state index in [-0.39, 0.29) is 6.04 Å². The second-order valence-corrected chi connectivity index (χ2v) is 5.04. The Bertz CT molecular complexity index is 697. The number of benzene rings is 2. The molecule has 0 aliphatic carbocycles. The lowest BCUT2D eigenvalue weighted by Gasteiger charge is -2.07. The van der Waals surface area contributed by atoms with E-state index in [1.807, 2.05) is 60.7 Å². The predicted octanol–water partition coefficient (Wildman–Crippen LogP) is 2.63. The number of nitrogens with two attached hydrogens (primary N) is 1. The predicted molar refractivity (Wildman–Crippen MR) is 84.2 cm³/mol. The molecule has 2 aromatic carbocycles. The average molecular weight is 294 g/mol. The molecule has 5 nitrogen and oxygen atoms in total. The first-order chi connectivity index (χ1) is 10.8. The molecular formula is C17H18N4O. The zero-order chi connectivity index (χ0) is 15.2. The van der Waals surface area contributed by atoms with Crippen LogP contribution in [-0.4, -0.2) is 15.2 Å². The summed E-state index contributed by atoms with van der Waals surface area (Å²) in [7, 11) is 0. The number of para-hydroxylation sites is 1. The van der Waals surface area contributed by atoms with Gasteiger partial charge in [-0.1, -0.05) is 48.5 Å². The van der Waals surface area contributed by atoms with Crippen LogP contribution in [0.3, 0.4) is 0 Å². The van der Waals surface area contributed by atoms with E-state index in [4.69, 9.17) is 10.5 Å². The summed E-state index contributed by atoms with van der Waals surface area (Å²) in [4.78, 5) is 4.40. The molecule has 0 saturated carbocycles. The quantitative estimate of drug-likeness (QED) is 0.732. The number of aromatic nitrogens is 3. The second kappa shape index (κ2) is 6.87. The average Bonchev–Trinajstić information content (AvgIpc) is 3.04. The van der Waals surface area contributed by atoms with Gasteiger partial charge in [-0.2, -0.15) is 5.10 Å². The van der Waals surface area contributed by atoms with E-state index in [0.29, 0.717) is 24.7 Å². The third-order valence-corrected chi connectivity index (χ3v) is 3.30. The van der Waals surface area contributed by atoms with Crippen LogP contribution in [0.1, 0.15) is 23.3 Å². The van der Waals surface area contributed by atoms with Crippen molar-refractivity contribution in [1.29, 1.82) is 0 Å². The van der Waals surface area contributed by atoms with E-state index in [1.165, 1.54) is 5.56 Å². The van der Waals surface area contributed by atoms with Crippen molar-refractivity contribution >= 4 is 0 Å². The third kappa shape index (κ3) is 3.71. The number of ether oxygens (including phenoxy) is 1. The Morgan fingerprint density at radius 1 is 1.00 bits per heavy atom. The second-order valence-electron chi connectivity index (χ2n) is 5.04. The van der Waals surface area contributed by atoms with Crippen molar-refractivity contribution < 1.29 is 4.74 Å². The number of hydrogen-bond donors (Lipinski definition) is 2. The Morgan fingerprint density at radius 3 is 2.41 bits per heavy atom. The van der Waals surface area contributed by atoms with Crippen molar-refractivity contribution in [1.82, 2.24) is 15.2 Å². The molecule has 0 unspecified atom stereocenters. The van der Waals surface area contributed by atoms with E-state index in [9.17, 15) is 0 Å². The van der Waals surface area contributed by atoms with Gasteiger partial charge >= 0.3 is 0 Å². The number of nitrogens with zero attached hydrogens (tertiary/aromatic N) is 2. The highest BCUT2D eigenvalue weighted by atomic mass is 16.5. The topological polar surface area (TPSA) is 76.8 Å². The van der Waals surface area contributed by atoms with Crippen LogP contribution in [0.25, 0.3) is 0 Å². The van der Waals surface area contributed by atoms with Gasteiger partial charge in [0.05, 0.1) is 6.04 Å². The van der Waals surface area contributed by atoms with Gasteiger partial charge < -0.3 is 10.5 Å². The fourth-order valence-electron chi connectivity index (χ4n) is 2.17. The van der Waals surface area contributed by atoms with Gasteiger partial charge in [-0.05, 0) is 24.1 Å². The Labute approximate surface area is 129 Å². The summed E-state index contributed by atoms with van der Waals surface area (Å²) in [6, 6.07) is 19.5. The lowest BCUT2D eigenvalue weighted by molar-refractivity contribution is 0.296. The largest absolute Gasteiger partial charge is 0.486 e. The Balaban J connectivity index is 1.58. The van der Waals surface area contributed by atoms with Gasteiger partial charge in [-0.25, -0.2) is 4.98 Å². The van der Waals surface area contributed by atoms with Crippen molar-refractivity contribution in [3.63, 3.8) is 0 Å². The maximum absolute atomic E-state index is 6.16. The molecule has 1 aromatic heterocycles. The molecule has 0 saturated heterocycles. The summed E-state index contributed by atoms with van der Waals surface area (Å²) in [6.07, 6.45) is 0.706. The summed E-state index contributed by atoms with van der Waals surface area (Å²) in [5, 5.41) is 7.06. The number of H-pyrrole nitrogens is 1. The zero-order valence-corrected chi connectivity index (χ0v) is 12.1. The first-order valence-electron chi connectivity index (χ1n) is 7.20. The smallest absolute Gasteiger partial charge is 0.167 e. The number of hydrogen-bond acceptors (Lipinski definition) is 4. The monoisotopic (exact) mass is 294 g/mol. The lowest BCUT2D eigenvalue weighted by Crippen LogP contribution is -2.15. The van der Waals surface area contributed by atoms with Crippen LogP contribution < -0.4 is 10.5 Å². The first kappa shape index (κ1) is 14.3. The van der Waals surface area contributed by atoms with E-state index in [2.05, 4.69) is 15.2 Å². The van der Waals surface area contributed by atoms with Gasteiger partial charge in [0, 0.05) is 0 Å². The summed E-state index contributed by atoms with van der Waals surface area (Å²) < 4.78 is 5.63. The Morgan fingerprint density at radius 2 is 1.68 bits per heavy atom. The van der Waals surface area contributed by atoms with Crippen molar-refractivity contribution in [2.75, 3.05) is 0 Å². The molecule has 1 atom stereocenters. The van der Waals surface area contributed by atoms with Crippen molar-refractivity contribution in [2.24, 2.45) is 5.73 Å². The van der Waals surface area contributed by atoms with Crippen LogP contribution in [-0.2, 0) is 13.0 Å². The molecule has 1 heterocycles. The molecule has 0 radical (unpaired) electrons. The van der Waals surface area contributed by atoms with Gasteiger partial charge in [-0.3, -0.25) is 5.10 Å². The molecule has 0 aliphatic rings. The zero-order valence-electron chi connectivity index (χ0n) is 12.1. The van der Waals surface area contributed by atoms with Crippen LogP contribution in [0.15, 0.2) is 60.7 Å². The SMILES string of the molecule is N[C@@H](Cc1ccccc1)c1n[nH]c(COc2ccccc2)n1. The van der Waals surface area contributed by atoms with Gasteiger partial charge in [0.1, 0.15) is 12.4 Å². The minimum absolute atomic E-state index is 0.232. The molecule has 112 valence electrons. The van der Waals surface area contributed by atoms with Crippen molar-refractivity contribution in [3.05, 3.63) is 77.9 Å². The maximum atomic E-state index is 6.16. The molecule has 0 aliphatic heterocycles. The van der Waals surface area contributed by atoms with Crippen LogP contribution in [0.2, 0.25) is 0 Å². The molecule has 5 heteroatoms. The van der Waals surface area contributed by atoms with Crippen LogP contribution >= 0.6 is 0 Å². The molecule has 0 amide bonds. The van der Waals surface area contributed by atoms with Crippen LogP contribution in [0.5, 0.6) is 5.75 Å². The minimum atomic E-state index is -0.232. The fourth-order valence-corrected chi connectivity index (χ4v) is 2.17. The third-order valence-electron chi connectivity index (χ3n) is 3.30. The van der Waals surface area contributed by atoms with Crippen molar-refractivity contribution in [3.8, 4) is 5.75 Å². The first-order valence-corrected chi connectivity index (χ1v) is 7.20. The molecule has 22 heavy (non-hydrogen) atoms. The number of nitrogens with one attached hydrogen (secondary N) is 1. The van der Waals surface area contributed by atoms with E-state index in [1.54, 1.807) is 0 Å². The lowest BCUT2D eigenvalue weighted by atomic mass is 10.1. The standard InChI is InChI=1S/C17H18N4O/c18-15(11-13-7-3-1-4-8-13)17-19-16(20-21-17)12-22-14-9-5-2-6-10-14/h1-10,15H,11-12,18H2,(H,19,20,21)/t15-/m0/s1. The molecule has 0 spiro atoms. The summed E-state index contributed by atoms with van der Waals surface area (Å²) >= 11 is 0. The molecule has 3 rings (SSSR count). The van der Waals surface area contributed by atoms with Gasteiger partial charge in [0.25, 0.3) is 0 Å². The highest BCUT2D eigenvalue weighted by Crippen LogP contribution is 2.14. The summed E-state index contributed by atoms with van der Waals surface area (Å²) in [5.41, 5.74) is 7.33. The number of rotatable bonds is 6. The fraction of sp³-hybridized carbons (Fsp3) is 0.176. The van der Waals surface area contributed by atoms with E-state index >= 15 is 0 Å². The van der Waals surface area contributed by atoms with Crippen LogP contribution in [0.4, 0.5) is 0 Å². The Kier molecular flexibility index (Phi) is 4.46. The minimum Gasteiger partial charge on any atom is -0.486 e. The van der Waals surface area contributed by atoms with Gasteiger partial charge in [0.2, 0.25) is 0 Å². The maximum Gasteiger partial charge on any atom is 0.167 e. The Hall–Kier alpha value is -2.66. The highest BCUT2D eigenvalue weighted by molar-refractivity contribution is 5.21. The van der Waals surface area contributed by atoms with Gasteiger partial charge in [0.15, 0.2) is 11.6 Å². The number of aromatic amines is 1. The molecular weight excluding hydrogens is 276 g/mol. The van der Waals surface area contributed by atoms with E-state index in [0.717, 1.165) is 5.75 Å². The highest BCUT2D eigenvalue weighted by Gasteiger charge is 2.13. The molecule has 3 N–H and O–H groups in total. The molecule has 0 bridgehead atoms. The molecule has 0 fully saturated rings. The van der Waals surface area contributed by atoms with E-state index < -0.39 is 0 Å². The normalized spacial score (nSPS) is 12.0. The van der Waals surface area contributed by atoms with Crippen LogP contribution in [0, 0.1) is 0 Å². The van der Waals surface area contributed by atoms with Gasteiger partial charge in [-0.15, -0.1) is 0 Å². The summed E-state index contributed by atoms with van der Waals surface area (Å²) in [6.45, 7) is 0.342.